The summed E-state index contributed by atoms with van der Waals surface area (Å²) in [5.41, 5.74) is 2.02. The van der Waals surface area contributed by atoms with Crippen LogP contribution in [0.4, 0.5) is 10.3 Å². The first-order valence-electron chi connectivity index (χ1n) is 11.3. The van der Waals surface area contributed by atoms with Gasteiger partial charge in [0.25, 0.3) is 5.91 Å². The molecule has 1 aromatic heterocycles. The lowest BCUT2D eigenvalue weighted by Gasteiger charge is -2.29. The quantitative estimate of drug-likeness (QED) is 0.529. The highest BCUT2D eigenvalue weighted by atomic mass is 19.1. The van der Waals surface area contributed by atoms with E-state index in [-0.39, 0.29) is 11.9 Å². The molecule has 0 atom stereocenters. The Kier molecular flexibility index (Phi) is 6.78. The molecule has 1 aliphatic rings. The van der Waals surface area contributed by atoms with Crippen LogP contribution in [0.25, 0.3) is 11.3 Å². The molecule has 1 amide bonds. The molecule has 4 rings (SSSR count). The molecule has 2 aromatic carbocycles. The van der Waals surface area contributed by atoms with Crippen LogP contribution in [0.15, 0.2) is 60.8 Å². The molecule has 1 fully saturated rings. The van der Waals surface area contributed by atoms with Crippen molar-refractivity contribution in [3.8, 4) is 11.3 Å². The largest absolute Gasteiger partial charge is 0.341 e. The van der Waals surface area contributed by atoms with Gasteiger partial charge in [0, 0.05) is 37.4 Å². The number of halogens is 1. The average molecular weight is 433 g/mol. The summed E-state index contributed by atoms with van der Waals surface area (Å²) in [5, 5.41) is 0. The molecule has 1 saturated heterocycles. The molecule has 0 unspecified atom stereocenters. The van der Waals surface area contributed by atoms with E-state index in [0.29, 0.717) is 29.3 Å². The fraction of sp³-hybridized carbons (Fsp3) is 0.346. The second-order valence-corrected chi connectivity index (χ2v) is 8.47. The summed E-state index contributed by atoms with van der Waals surface area (Å²) in [6, 6.07) is 16.3. The SMILES string of the molecule is CC(C)N(Cc1ccccc1)C(=O)c1cnc(N2CCCCC2)nc1-c1ccccc1F. The van der Waals surface area contributed by atoms with Gasteiger partial charge in [-0.3, -0.25) is 4.79 Å². The van der Waals surface area contributed by atoms with Gasteiger partial charge in [-0.1, -0.05) is 42.5 Å². The predicted octanol–water partition coefficient (Wildman–Crippen LogP) is 5.32. The number of benzene rings is 2. The molecule has 0 spiro atoms. The minimum Gasteiger partial charge on any atom is -0.341 e. The monoisotopic (exact) mass is 432 g/mol. The number of carbonyl (C=O) groups is 1. The third kappa shape index (κ3) is 4.79. The number of nitrogens with zero attached hydrogens (tertiary/aromatic N) is 4. The van der Waals surface area contributed by atoms with Gasteiger partial charge in [0.2, 0.25) is 5.95 Å². The Bertz CT molecular complexity index is 1060. The number of amides is 1. The molecular weight excluding hydrogens is 403 g/mol. The Labute approximate surface area is 188 Å². The van der Waals surface area contributed by atoms with Crippen molar-refractivity contribution in [2.45, 2.75) is 45.7 Å². The van der Waals surface area contributed by atoms with E-state index in [0.717, 1.165) is 31.5 Å². The number of anilines is 1. The van der Waals surface area contributed by atoms with Crippen LogP contribution in [0, 0.1) is 5.82 Å². The lowest BCUT2D eigenvalue weighted by molar-refractivity contribution is 0.0690. The van der Waals surface area contributed by atoms with Gasteiger partial charge in [-0.05, 0) is 50.8 Å². The Morgan fingerprint density at radius 2 is 1.72 bits per heavy atom. The van der Waals surface area contributed by atoms with Gasteiger partial charge in [-0.15, -0.1) is 0 Å². The highest BCUT2D eigenvalue weighted by Crippen LogP contribution is 2.28. The van der Waals surface area contributed by atoms with Crippen molar-refractivity contribution in [1.82, 2.24) is 14.9 Å². The number of hydrogen-bond acceptors (Lipinski definition) is 4. The molecule has 5 nitrogen and oxygen atoms in total. The molecule has 0 radical (unpaired) electrons. The summed E-state index contributed by atoms with van der Waals surface area (Å²) in [7, 11) is 0. The van der Waals surface area contributed by atoms with Crippen LogP contribution in [-0.4, -0.2) is 39.9 Å². The lowest BCUT2D eigenvalue weighted by Crippen LogP contribution is -2.37. The molecule has 6 heteroatoms. The van der Waals surface area contributed by atoms with E-state index in [4.69, 9.17) is 4.98 Å². The Hall–Kier alpha value is -3.28. The maximum atomic E-state index is 14.8. The van der Waals surface area contributed by atoms with Gasteiger partial charge in [0.1, 0.15) is 5.82 Å². The summed E-state index contributed by atoms with van der Waals surface area (Å²) in [4.78, 5) is 26.8. The van der Waals surface area contributed by atoms with Crippen molar-refractivity contribution in [3.05, 3.63) is 77.7 Å². The van der Waals surface area contributed by atoms with Crippen LogP contribution in [0.1, 0.15) is 49.0 Å². The Morgan fingerprint density at radius 3 is 2.41 bits per heavy atom. The first kappa shape index (κ1) is 21.9. The van der Waals surface area contributed by atoms with Crippen molar-refractivity contribution in [2.24, 2.45) is 0 Å². The third-order valence-corrected chi connectivity index (χ3v) is 5.85. The summed E-state index contributed by atoms with van der Waals surface area (Å²) >= 11 is 0. The summed E-state index contributed by atoms with van der Waals surface area (Å²) in [5.74, 6) is -0.0463. The highest BCUT2D eigenvalue weighted by Gasteiger charge is 2.26. The molecule has 2 heterocycles. The van der Waals surface area contributed by atoms with Crippen LogP contribution in [-0.2, 0) is 6.54 Å². The number of hydrogen-bond donors (Lipinski definition) is 0. The van der Waals surface area contributed by atoms with E-state index in [2.05, 4.69) is 9.88 Å². The van der Waals surface area contributed by atoms with Crippen LogP contribution in [0.5, 0.6) is 0 Å². The number of carbonyl (C=O) groups excluding carboxylic acids is 1. The fourth-order valence-corrected chi connectivity index (χ4v) is 4.06. The molecule has 166 valence electrons. The normalized spacial score (nSPS) is 13.9. The van der Waals surface area contributed by atoms with Crippen LogP contribution in [0.3, 0.4) is 0 Å². The second-order valence-electron chi connectivity index (χ2n) is 8.47. The van der Waals surface area contributed by atoms with Gasteiger partial charge in [0.05, 0.1) is 11.3 Å². The molecule has 0 saturated carbocycles. The van der Waals surface area contributed by atoms with Crippen LogP contribution in [0.2, 0.25) is 0 Å². The smallest absolute Gasteiger partial charge is 0.258 e. The summed E-state index contributed by atoms with van der Waals surface area (Å²) in [6.07, 6.45) is 4.92. The van der Waals surface area contributed by atoms with E-state index < -0.39 is 5.82 Å². The average Bonchev–Trinajstić information content (AvgIpc) is 2.83. The van der Waals surface area contributed by atoms with Crippen molar-refractivity contribution < 1.29 is 9.18 Å². The Balaban J connectivity index is 1.75. The minimum atomic E-state index is -0.399. The Morgan fingerprint density at radius 1 is 1.03 bits per heavy atom. The fourth-order valence-electron chi connectivity index (χ4n) is 4.06. The molecule has 1 aliphatic heterocycles. The van der Waals surface area contributed by atoms with Gasteiger partial charge >= 0.3 is 0 Å². The van der Waals surface area contributed by atoms with Crippen LogP contribution >= 0.6 is 0 Å². The van der Waals surface area contributed by atoms with Crippen molar-refractivity contribution >= 4 is 11.9 Å². The zero-order chi connectivity index (χ0) is 22.5. The van der Waals surface area contributed by atoms with E-state index in [1.54, 1.807) is 29.3 Å². The van der Waals surface area contributed by atoms with E-state index in [1.807, 2.05) is 44.2 Å². The molecular formula is C26H29FN4O. The van der Waals surface area contributed by atoms with Crippen LogP contribution < -0.4 is 4.90 Å². The van der Waals surface area contributed by atoms with Gasteiger partial charge in [-0.2, -0.15) is 0 Å². The first-order chi connectivity index (χ1) is 15.5. The van der Waals surface area contributed by atoms with E-state index in [9.17, 15) is 9.18 Å². The molecule has 0 aliphatic carbocycles. The van der Waals surface area contributed by atoms with Gasteiger partial charge in [-0.25, -0.2) is 14.4 Å². The number of aromatic nitrogens is 2. The molecule has 0 N–H and O–H groups in total. The zero-order valence-corrected chi connectivity index (χ0v) is 18.7. The standard InChI is InChI=1S/C26H29FN4O/c1-19(2)31(18-20-11-5-3-6-12-20)25(32)22-17-28-26(30-15-9-4-10-16-30)29-24(22)21-13-7-8-14-23(21)27/h3,5-8,11-14,17,19H,4,9-10,15-16,18H2,1-2H3. The van der Waals surface area contributed by atoms with Crippen molar-refractivity contribution in [2.75, 3.05) is 18.0 Å². The predicted molar refractivity (Wildman–Crippen MR) is 125 cm³/mol. The maximum Gasteiger partial charge on any atom is 0.258 e. The number of piperidine rings is 1. The highest BCUT2D eigenvalue weighted by molar-refractivity contribution is 6.00. The van der Waals surface area contributed by atoms with Gasteiger partial charge in [0.15, 0.2) is 0 Å². The van der Waals surface area contributed by atoms with E-state index in [1.165, 1.54) is 12.5 Å². The topological polar surface area (TPSA) is 49.3 Å². The van der Waals surface area contributed by atoms with Gasteiger partial charge < -0.3 is 9.80 Å². The number of rotatable bonds is 6. The molecule has 32 heavy (non-hydrogen) atoms. The first-order valence-corrected chi connectivity index (χ1v) is 11.3. The third-order valence-electron chi connectivity index (χ3n) is 5.85. The minimum absolute atomic E-state index is 0.0436. The van der Waals surface area contributed by atoms with E-state index >= 15 is 0 Å². The summed E-state index contributed by atoms with van der Waals surface area (Å²) in [6.45, 7) is 6.16. The molecule has 3 aromatic rings. The van der Waals surface area contributed by atoms with Crippen molar-refractivity contribution in [3.63, 3.8) is 0 Å². The molecule has 0 bridgehead atoms. The second kappa shape index (κ2) is 9.90. The maximum absolute atomic E-state index is 14.8. The summed E-state index contributed by atoms with van der Waals surface area (Å²) < 4.78 is 14.8. The van der Waals surface area contributed by atoms with Crippen molar-refractivity contribution in [1.29, 1.82) is 0 Å². The zero-order valence-electron chi connectivity index (χ0n) is 18.7. The lowest BCUT2D eigenvalue weighted by atomic mass is 10.0.